The molecule has 2 heterocycles. The number of hydrogen-bond acceptors (Lipinski definition) is 7. The molecule has 4 aromatic rings. The van der Waals surface area contributed by atoms with Crippen molar-refractivity contribution in [2.75, 3.05) is 0 Å². The van der Waals surface area contributed by atoms with Crippen LogP contribution in [0.1, 0.15) is 0 Å². The van der Waals surface area contributed by atoms with Crippen LogP contribution in [0.25, 0.3) is 22.1 Å². The van der Waals surface area contributed by atoms with Gasteiger partial charge in [-0.3, -0.25) is 10.1 Å². The monoisotopic (exact) mass is 361 g/mol. The molecule has 0 amide bonds. The minimum absolute atomic E-state index is 0.0542. The van der Waals surface area contributed by atoms with Gasteiger partial charge in [0.1, 0.15) is 23.7 Å². The van der Waals surface area contributed by atoms with Crippen LogP contribution in [0.5, 0.6) is 11.8 Å². The van der Waals surface area contributed by atoms with Gasteiger partial charge in [-0.25, -0.2) is 4.79 Å². The van der Waals surface area contributed by atoms with E-state index >= 15 is 0 Å². The zero-order valence-electron chi connectivity index (χ0n) is 13.7. The van der Waals surface area contributed by atoms with E-state index in [0.29, 0.717) is 11.3 Å². The van der Waals surface area contributed by atoms with Crippen LogP contribution < -0.4 is 10.4 Å². The van der Waals surface area contributed by atoms with Gasteiger partial charge < -0.3 is 9.15 Å². The third kappa shape index (κ3) is 3.36. The average molecular weight is 361 g/mol. The zero-order chi connectivity index (χ0) is 18.8. The summed E-state index contributed by atoms with van der Waals surface area (Å²) in [6, 6.07) is 15.9. The Morgan fingerprint density at radius 1 is 1.00 bits per heavy atom. The number of nitro groups is 1. The molecular formula is C19H11N3O5. The Hall–Kier alpha value is -4.07. The molecule has 8 heteroatoms. The highest BCUT2D eigenvalue weighted by molar-refractivity contribution is 5.93. The number of aromatic nitrogens is 2. The van der Waals surface area contributed by atoms with Crippen molar-refractivity contribution in [2.45, 2.75) is 0 Å². The number of rotatable bonds is 4. The smallest absolute Gasteiger partial charge is 0.336 e. The predicted molar refractivity (Wildman–Crippen MR) is 96.7 cm³/mol. The van der Waals surface area contributed by atoms with Gasteiger partial charge in [0.25, 0.3) is 0 Å². The van der Waals surface area contributed by atoms with Crippen molar-refractivity contribution in [3.05, 3.63) is 87.5 Å². The van der Waals surface area contributed by atoms with Crippen LogP contribution >= 0.6 is 0 Å². The van der Waals surface area contributed by atoms with Gasteiger partial charge in [0.05, 0.1) is 4.92 Å². The number of fused-ring (bicyclic) bond motifs is 1. The first kappa shape index (κ1) is 16.4. The molecule has 0 aliphatic heterocycles. The first-order valence-electron chi connectivity index (χ1n) is 7.88. The molecule has 2 aromatic carbocycles. The Morgan fingerprint density at radius 3 is 2.44 bits per heavy atom. The maximum atomic E-state index is 12.0. The summed E-state index contributed by atoms with van der Waals surface area (Å²) in [4.78, 5) is 29.6. The minimum atomic E-state index is -0.598. The van der Waals surface area contributed by atoms with Crippen LogP contribution in [0.2, 0.25) is 0 Å². The summed E-state index contributed by atoms with van der Waals surface area (Å²) in [6.07, 6.45) is 2.11. The highest BCUT2D eigenvalue weighted by Gasteiger charge is 2.11. The van der Waals surface area contributed by atoms with Crippen molar-refractivity contribution in [2.24, 2.45) is 0 Å². The third-order valence-electron chi connectivity index (χ3n) is 3.84. The summed E-state index contributed by atoms with van der Waals surface area (Å²) in [5.74, 6) is 0.338. The molecule has 0 fully saturated rings. The highest BCUT2D eigenvalue weighted by Crippen LogP contribution is 2.30. The summed E-state index contributed by atoms with van der Waals surface area (Å²) in [5, 5.41) is 11.4. The molecule has 0 bridgehead atoms. The lowest BCUT2D eigenvalue weighted by molar-refractivity contribution is -0.385. The summed E-state index contributed by atoms with van der Waals surface area (Å²) in [7, 11) is 0. The molecule has 0 radical (unpaired) electrons. The summed E-state index contributed by atoms with van der Waals surface area (Å²) in [5.41, 5.74) is 1.27. The molecule has 132 valence electrons. The van der Waals surface area contributed by atoms with E-state index in [1.165, 1.54) is 6.07 Å². The molecule has 0 saturated carbocycles. The third-order valence-corrected chi connectivity index (χ3v) is 3.84. The van der Waals surface area contributed by atoms with Crippen molar-refractivity contribution in [3.8, 4) is 22.9 Å². The molecule has 0 atom stereocenters. The Balaban J connectivity index is 1.72. The Labute approximate surface area is 151 Å². The van der Waals surface area contributed by atoms with E-state index in [9.17, 15) is 14.9 Å². The molecule has 0 spiro atoms. The van der Waals surface area contributed by atoms with Gasteiger partial charge in [0, 0.05) is 17.5 Å². The van der Waals surface area contributed by atoms with Gasteiger partial charge in [-0.2, -0.15) is 9.97 Å². The number of hydrogen-bond donors (Lipinski definition) is 0. The molecule has 27 heavy (non-hydrogen) atoms. The van der Waals surface area contributed by atoms with Crippen molar-refractivity contribution < 1.29 is 14.1 Å². The number of nitrogens with zero attached hydrogens (tertiary/aromatic N) is 3. The van der Waals surface area contributed by atoms with Gasteiger partial charge in [-0.1, -0.05) is 30.3 Å². The maximum Gasteiger partial charge on any atom is 0.336 e. The largest absolute Gasteiger partial charge is 0.424 e. The molecular weight excluding hydrogens is 350 g/mol. The fourth-order valence-electron chi connectivity index (χ4n) is 2.62. The summed E-state index contributed by atoms with van der Waals surface area (Å²) < 4.78 is 10.8. The van der Waals surface area contributed by atoms with Crippen molar-refractivity contribution in [1.82, 2.24) is 9.97 Å². The van der Waals surface area contributed by atoms with Crippen LogP contribution in [0, 0.1) is 10.1 Å². The van der Waals surface area contributed by atoms with E-state index in [-0.39, 0.29) is 11.7 Å². The molecule has 0 N–H and O–H groups in total. The Kier molecular flexibility index (Phi) is 4.06. The SMILES string of the molecule is O=c1cc(-c2ccccc2)c2ccc(Oc3ncc([N+](=O)[O-])cn3)cc2o1. The molecule has 0 saturated heterocycles. The van der Waals surface area contributed by atoms with Crippen LogP contribution in [0.4, 0.5) is 5.69 Å². The lowest BCUT2D eigenvalue weighted by Gasteiger charge is -2.08. The zero-order valence-corrected chi connectivity index (χ0v) is 13.7. The second-order valence-electron chi connectivity index (χ2n) is 5.59. The van der Waals surface area contributed by atoms with Crippen molar-refractivity contribution >= 4 is 16.7 Å². The van der Waals surface area contributed by atoms with E-state index in [0.717, 1.165) is 28.9 Å². The van der Waals surface area contributed by atoms with Crippen LogP contribution in [-0.2, 0) is 0 Å². The molecule has 0 aliphatic rings. The van der Waals surface area contributed by atoms with Gasteiger partial charge in [-0.15, -0.1) is 0 Å². The predicted octanol–water partition coefficient (Wildman–Crippen LogP) is 3.95. The van der Waals surface area contributed by atoms with Gasteiger partial charge in [0.15, 0.2) is 0 Å². The number of ether oxygens (including phenoxy) is 1. The Bertz CT molecular complexity index is 1190. The van der Waals surface area contributed by atoms with E-state index in [4.69, 9.17) is 9.15 Å². The first-order chi connectivity index (χ1) is 13.1. The van der Waals surface area contributed by atoms with Gasteiger partial charge in [-0.05, 0) is 23.3 Å². The molecule has 2 aromatic heterocycles. The normalized spacial score (nSPS) is 10.7. The first-order valence-corrected chi connectivity index (χ1v) is 7.88. The highest BCUT2D eigenvalue weighted by atomic mass is 16.6. The summed E-state index contributed by atoms with van der Waals surface area (Å²) >= 11 is 0. The van der Waals surface area contributed by atoms with Gasteiger partial charge in [0.2, 0.25) is 0 Å². The second-order valence-corrected chi connectivity index (χ2v) is 5.59. The molecule has 0 unspecified atom stereocenters. The topological polar surface area (TPSA) is 108 Å². The van der Waals surface area contributed by atoms with Crippen LogP contribution in [0.3, 0.4) is 0 Å². The van der Waals surface area contributed by atoms with Crippen molar-refractivity contribution in [1.29, 1.82) is 0 Å². The lowest BCUT2D eigenvalue weighted by atomic mass is 10.0. The van der Waals surface area contributed by atoms with Crippen LogP contribution in [-0.4, -0.2) is 14.9 Å². The van der Waals surface area contributed by atoms with E-state index in [1.54, 1.807) is 18.2 Å². The molecule has 0 aliphatic carbocycles. The molecule has 4 rings (SSSR count). The van der Waals surface area contributed by atoms with Gasteiger partial charge >= 0.3 is 17.3 Å². The lowest BCUT2D eigenvalue weighted by Crippen LogP contribution is -1.99. The standard InChI is InChI=1S/C19H11N3O5/c23-18-9-16(12-4-2-1-3-5-12)15-7-6-14(8-17(15)27-18)26-19-20-10-13(11-21-19)22(24)25/h1-11H. The van der Waals surface area contributed by atoms with Crippen LogP contribution in [0.15, 0.2) is 76.2 Å². The maximum absolute atomic E-state index is 12.0. The summed E-state index contributed by atoms with van der Waals surface area (Å²) in [6.45, 7) is 0. The quantitative estimate of drug-likeness (QED) is 0.307. The van der Waals surface area contributed by atoms with E-state index in [2.05, 4.69) is 9.97 Å². The van der Waals surface area contributed by atoms with E-state index in [1.807, 2.05) is 30.3 Å². The fraction of sp³-hybridized carbons (Fsp3) is 0. The average Bonchev–Trinajstić information content (AvgIpc) is 2.68. The van der Waals surface area contributed by atoms with Crippen molar-refractivity contribution in [3.63, 3.8) is 0 Å². The number of benzene rings is 2. The van der Waals surface area contributed by atoms with E-state index < -0.39 is 10.5 Å². The molecule has 8 nitrogen and oxygen atoms in total. The fourth-order valence-corrected chi connectivity index (χ4v) is 2.62. The minimum Gasteiger partial charge on any atom is -0.424 e. The Morgan fingerprint density at radius 2 is 1.74 bits per heavy atom. The second kappa shape index (κ2) is 6.68.